The number of hydrogen-bond acceptors (Lipinski definition) is 4. The second-order valence-corrected chi connectivity index (χ2v) is 6.53. The van der Waals surface area contributed by atoms with Crippen molar-refractivity contribution < 1.29 is 17.9 Å². The Balaban J connectivity index is 3.02. The van der Waals surface area contributed by atoms with E-state index >= 15 is 0 Å². The molecular formula is C14H21NO4S. The van der Waals surface area contributed by atoms with Crippen molar-refractivity contribution in [3.63, 3.8) is 0 Å². The molecule has 1 rings (SSSR count). The Morgan fingerprint density at radius 2 is 1.85 bits per heavy atom. The predicted molar refractivity (Wildman–Crippen MR) is 76.8 cm³/mol. The van der Waals surface area contributed by atoms with Gasteiger partial charge in [0, 0.05) is 0 Å². The van der Waals surface area contributed by atoms with Gasteiger partial charge in [0.25, 0.3) is 0 Å². The van der Waals surface area contributed by atoms with Crippen molar-refractivity contribution in [3.05, 3.63) is 29.8 Å². The molecule has 0 aliphatic heterocycles. The standard InChI is InChI=1S/C14H21NO4S/c1-5-11(3)13(14(16)19-4)15-20(17,18)12-8-6-10(2)7-9-12/h6-9,11,13,15H,5H2,1-4H3/t11-,13-/m1/s1. The highest BCUT2D eigenvalue weighted by Gasteiger charge is 2.30. The summed E-state index contributed by atoms with van der Waals surface area (Å²) in [7, 11) is -2.49. The smallest absolute Gasteiger partial charge is 0.324 e. The summed E-state index contributed by atoms with van der Waals surface area (Å²) in [6, 6.07) is 5.58. The Hall–Kier alpha value is -1.40. The maximum Gasteiger partial charge on any atom is 0.324 e. The van der Waals surface area contributed by atoms with E-state index in [1.54, 1.807) is 19.1 Å². The van der Waals surface area contributed by atoms with Crippen molar-refractivity contribution >= 4 is 16.0 Å². The molecule has 6 heteroatoms. The zero-order valence-corrected chi connectivity index (χ0v) is 13.0. The number of rotatable bonds is 6. The van der Waals surface area contributed by atoms with Crippen LogP contribution in [-0.4, -0.2) is 27.5 Å². The average molecular weight is 299 g/mol. The summed E-state index contributed by atoms with van der Waals surface area (Å²) >= 11 is 0. The first kappa shape index (κ1) is 16.7. The lowest BCUT2D eigenvalue weighted by molar-refractivity contribution is -0.143. The minimum absolute atomic E-state index is 0.139. The molecule has 0 aromatic heterocycles. The van der Waals surface area contributed by atoms with E-state index in [1.165, 1.54) is 19.2 Å². The van der Waals surface area contributed by atoms with Gasteiger partial charge < -0.3 is 4.74 Å². The van der Waals surface area contributed by atoms with E-state index in [2.05, 4.69) is 9.46 Å². The molecule has 0 aliphatic rings. The van der Waals surface area contributed by atoms with Gasteiger partial charge in [0.15, 0.2) is 0 Å². The molecule has 1 aromatic carbocycles. The van der Waals surface area contributed by atoms with Crippen molar-refractivity contribution in [1.29, 1.82) is 0 Å². The second kappa shape index (κ2) is 6.85. The number of aryl methyl sites for hydroxylation is 1. The summed E-state index contributed by atoms with van der Waals surface area (Å²) in [5.74, 6) is -0.724. The van der Waals surface area contributed by atoms with Gasteiger partial charge in [0.05, 0.1) is 12.0 Å². The van der Waals surface area contributed by atoms with Gasteiger partial charge in [-0.3, -0.25) is 4.79 Å². The molecular weight excluding hydrogens is 278 g/mol. The first-order valence-electron chi connectivity index (χ1n) is 6.48. The van der Waals surface area contributed by atoms with Crippen molar-refractivity contribution in [2.75, 3.05) is 7.11 Å². The molecule has 0 radical (unpaired) electrons. The molecule has 112 valence electrons. The molecule has 0 saturated heterocycles. The number of carbonyl (C=O) groups is 1. The Kier molecular flexibility index (Phi) is 5.71. The van der Waals surface area contributed by atoms with Crippen LogP contribution in [0.5, 0.6) is 0 Å². The van der Waals surface area contributed by atoms with Crippen LogP contribution in [0.4, 0.5) is 0 Å². The van der Waals surface area contributed by atoms with Gasteiger partial charge in [0.2, 0.25) is 10.0 Å². The van der Waals surface area contributed by atoms with Crippen LogP contribution in [0, 0.1) is 12.8 Å². The summed E-state index contributed by atoms with van der Waals surface area (Å²) in [5, 5.41) is 0. The van der Waals surface area contributed by atoms with Gasteiger partial charge in [0.1, 0.15) is 6.04 Å². The van der Waals surface area contributed by atoms with Gasteiger partial charge >= 0.3 is 5.97 Å². The maximum absolute atomic E-state index is 12.3. The van der Waals surface area contributed by atoms with Crippen LogP contribution >= 0.6 is 0 Å². The number of carbonyl (C=O) groups excluding carboxylic acids is 1. The lowest BCUT2D eigenvalue weighted by Crippen LogP contribution is -2.45. The van der Waals surface area contributed by atoms with Crippen LogP contribution in [0.1, 0.15) is 25.8 Å². The van der Waals surface area contributed by atoms with E-state index in [0.717, 1.165) is 5.56 Å². The van der Waals surface area contributed by atoms with Crippen molar-refractivity contribution in [1.82, 2.24) is 4.72 Å². The van der Waals surface area contributed by atoms with Gasteiger partial charge in [-0.05, 0) is 25.0 Å². The van der Waals surface area contributed by atoms with E-state index in [0.29, 0.717) is 6.42 Å². The van der Waals surface area contributed by atoms with Gasteiger partial charge in [-0.1, -0.05) is 38.0 Å². The molecule has 20 heavy (non-hydrogen) atoms. The second-order valence-electron chi connectivity index (χ2n) is 4.82. The largest absolute Gasteiger partial charge is 0.468 e. The van der Waals surface area contributed by atoms with Crippen molar-refractivity contribution in [2.45, 2.75) is 38.1 Å². The number of ether oxygens (including phenoxy) is 1. The monoisotopic (exact) mass is 299 g/mol. The number of esters is 1. The van der Waals surface area contributed by atoms with Crippen LogP contribution < -0.4 is 4.72 Å². The first-order chi connectivity index (χ1) is 9.31. The number of methoxy groups -OCH3 is 1. The van der Waals surface area contributed by atoms with Gasteiger partial charge in [-0.25, -0.2) is 8.42 Å². The SMILES string of the molecule is CC[C@@H](C)[C@@H](NS(=O)(=O)c1ccc(C)cc1)C(=O)OC. The molecule has 0 unspecified atom stereocenters. The van der Waals surface area contributed by atoms with E-state index in [-0.39, 0.29) is 10.8 Å². The minimum Gasteiger partial charge on any atom is -0.468 e. The number of sulfonamides is 1. The summed E-state index contributed by atoms with van der Waals surface area (Å²) in [6.45, 7) is 5.57. The fraction of sp³-hybridized carbons (Fsp3) is 0.500. The molecule has 2 atom stereocenters. The van der Waals surface area contributed by atoms with E-state index < -0.39 is 22.0 Å². The molecule has 0 amide bonds. The van der Waals surface area contributed by atoms with E-state index in [1.807, 2.05) is 13.8 Å². The zero-order valence-electron chi connectivity index (χ0n) is 12.2. The number of benzene rings is 1. The average Bonchev–Trinajstić information content (AvgIpc) is 2.43. The molecule has 0 bridgehead atoms. The highest BCUT2D eigenvalue weighted by atomic mass is 32.2. The molecule has 0 aliphatic carbocycles. The molecule has 0 spiro atoms. The topological polar surface area (TPSA) is 72.5 Å². The lowest BCUT2D eigenvalue weighted by atomic mass is 10.0. The zero-order chi connectivity index (χ0) is 15.3. The summed E-state index contributed by atoms with van der Waals surface area (Å²) in [4.78, 5) is 11.9. The molecule has 0 fully saturated rings. The number of hydrogen-bond donors (Lipinski definition) is 1. The van der Waals surface area contributed by atoms with Gasteiger partial charge in [-0.2, -0.15) is 4.72 Å². The number of nitrogens with one attached hydrogen (secondary N) is 1. The van der Waals surface area contributed by atoms with Crippen LogP contribution in [0.15, 0.2) is 29.2 Å². The lowest BCUT2D eigenvalue weighted by Gasteiger charge is -2.21. The molecule has 0 heterocycles. The molecule has 5 nitrogen and oxygen atoms in total. The van der Waals surface area contributed by atoms with Crippen LogP contribution in [0.2, 0.25) is 0 Å². The normalized spacial score (nSPS) is 14.6. The predicted octanol–water partition coefficient (Wildman–Crippen LogP) is 1.86. The van der Waals surface area contributed by atoms with E-state index in [9.17, 15) is 13.2 Å². The first-order valence-corrected chi connectivity index (χ1v) is 7.97. The third-order valence-electron chi connectivity index (χ3n) is 3.28. The summed E-state index contributed by atoms with van der Waals surface area (Å²) in [5.41, 5.74) is 0.968. The quantitative estimate of drug-likeness (QED) is 0.814. The third kappa shape index (κ3) is 4.05. The molecule has 0 saturated carbocycles. The minimum atomic E-state index is -3.74. The van der Waals surface area contributed by atoms with Crippen molar-refractivity contribution in [3.8, 4) is 0 Å². The summed E-state index contributed by atoms with van der Waals surface area (Å²) in [6.07, 6.45) is 0.663. The third-order valence-corrected chi connectivity index (χ3v) is 4.74. The van der Waals surface area contributed by atoms with E-state index in [4.69, 9.17) is 0 Å². The fourth-order valence-corrected chi connectivity index (χ4v) is 3.01. The Labute approximate surface area is 120 Å². The van der Waals surface area contributed by atoms with Crippen LogP contribution in [0.3, 0.4) is 0 Å². The van der Waals surface area contributed by atoms with Gasteiger partial charge in [-0.15, -0.1) is 0 Å². The maximum atomic E-state index is 12.3. The Morgan fingerprint density at radius 1 is 1.30 bits per heavy atom. The Bertz CT molecular complexity index is 551. The summed E-state index contributed by atoms with van der Waals surface area (Å²) < 4.78 is 31.6. The fourth-order valence-electron chi connectivity index (χ4n) is 1.71. The van der Waals surface area contributed by atoms with Crippen LogP contribution in [-0.2, 0) is 19.6 Å². The molecule has 1 N–H and O–H groups in total. The molecule has 1 aromatic rings. The highest BCUT2D eigenvalue weighted by Crippen LogP contribution is 2.15. The highest BCUT2D eigenvalue weighted by molar-refractivity contribution is 7.89. The Morgan fingerprint density at radius 3 is 2.30 bits per heavy atom. The van der Waals surface area contributed by atoms with Crippen LogP contribution in [0.25, 0.3) is 0 Å². The van der Waals surface area contributed by atoms with Crippen molar-refractivity contribution in [2.24, 2.45) is 5.92 Å².